The average molecular weight is 336 g/mol. The van der Waals surface area contributed by atoms with Gasteiger partial charge >= 0.3 is 5.69 Å². The zero-order chi connectivity index (χ0) is 16.9. The quantitative estimate of drug-likeness (QED) is 0.557. The van der Waals surface area contributed by atoms with E-state index in [1.807, 2.05) is 0 Å². The molecule has 0 fully saturated rings. The number of benzene rings is 1. The lowest BCUT2D eigenvalue weighted by Crippen LogP contribution is -2.36. The van der Waals surface area contributed by atoms with Crippen LogP contribution >= 0.6 is 11.6 Å². The van der Waals surface area contributed by atoms with Crippen LogP contribution in [0.4, 0.5) is 5.69 Å². The third-order valence-corrected chi connectivity index (χ3v) is 3.84. The monoisotopic (exact) mass is 335 g/mol. The number of aromatic nitrogens is 4. The molecule has 3 aromatic rings. The summed E-state index contributed by atoms with van der Waals surface area (Å²) in [6, 6.07) is 3.89. The second-order valence-electron chi connectivity index (χ2n) is 4.91. The van der Waals surface area contributed by atoms with Crippen molar-refractivity contribution in [3.8, 4) is 11.4 Å². The summed E-state index contributed by atoms with van der Waals surface area (Å²) in [4.78, 5) is 41.4. The highest BCUT2D eigenvalue weighted by Gasteiger charge is 2.18. The Kier molecular flexibility index (Phi) is 3.29. The molecule has 2 heterocycles. The van der Waals surface area contributed by atoms with Crippen molar-refractivity contribution in [3.05, 3.63) is 54.2 Å². The first-order valence-corrected chi connectivity index (χ1v) is 6.79. The number of aryl methyl sites for hydroxylation is 1. The zero-order valence-corrected chi connectivity index (χ0v) is 12.8. The Balaban J connectivity index is 2.35. The zero-order valence-electron chi connectivity index (χ0n) is 12.0. The Labute approximate surface area is 132 Å². The van der Waals surface area contributed by atoms with Crippen LogP contribution < -0.4 is 11.2 Å². The molecule has 0 saturated carbocycles. The molecule has 118 valence electrons. The second-order valence-corrected chi connectivity index (χ2v) is 5.32. The highest BCUT2D eigenvalue weighted by Crippen LogP contribution is 2.30. The maximum atomic E-state index is 12.1. The smallest absolute Gasteiger partial charge is 0.332 e. The molecular formula is C13H10ClN5O4. The first-order chi connectivity index (χ1) is 10.8. The number of nitrogens with zero attached hydrogens (tertiary/aromatic N) is 4. The number of nitro groups is 1. The van der Waals surface area contributed by atoms with Crippen molar-refractivity contribution in [2.24, 2.45) is 14.1 Å². The molecule has 1 aromatic carbocycles. The predicted octanol–water partition coefficient (Wildman–Crippen LogP) is 1.19. The van der Waals surface area contributed by atoms with Crippen LogP contribution in [0.3, 0.4) is 0 Å². The third kappa shape index (κ3) is 2.21. The molecule has 0 saturated heterocycles. The van der Waals surface area contributed by atoms with Crippen molar-refractivity contribution < 1.29 is 4.92 Å². The number of hydrogen-bond donors (Lipinski definition) is 1. The Hall–Kier alpha value is -2.94. The van der Waals surface area contributed by atoms with Crippen LogP contribution in [0.5, 0.6) is 0 Å². The summed E-state index contributed by atoms with van der Waals surface area (Å²) in [5, 5.41) is 11.1. The lowest BCUT2D eigenvalue weighted by molar-refractivity contribution is -0.384. The molecule has 0 aliphatic rings. The number of rotatable bonds is 2. The first kappa shape index (κ1) is 15.0. The van der Waals surface area contributed by atoms with Crippen molar-refractivity contribution in [1.29, 1.82) is 0 Å². The van der Waals surface area contributed by atoms with E-state index >= 15 is 0 Å². The number of hydrogen-bond acceptors (Lipinski definition) is 5. The third-order valence-electron chi connectivity index (χ3n) is 3.51. The lowest BCUT2D eigenvalue weighted by atomic mass is 10.2. The summed E-state index contributed by atoms with van der Waals surface area (Å²) >= 11 is 6.07. The first-order valence-electron chi connectivity index (χ1n) is 6.41. The molecule has 10 heteroatoms. The van der Waals surface area contributed by atoms with E-state index < -0.39 is 16.2 Å². The molecule has 0 bridgehead atoms. The van der Waals surface area contributed by atoms with Gasteiger partial charge in [-0.3, -0.25) is 24.0 Å². The van der Waals surface area contributed by atoms with Gasteiger partial charge in [0.05, 0.1) is 9.95 Å². The van der Waals surface area contributed by atoms with Crippen molar-refractivity contribution in [3.63, 3.8) is 0 Å². The molecule has 0 amide bonds. The highest BCUT2D eigenvalue weighted by atomic mass is 35.5. The van der Waals surface area contributed by atoms with E-state index in [1.165, 1.54) is 36.9 Å². The van der Waals surface area contributed by atoms with Crippen molar-refractivity contribution in [2.75, 3.05) is 0 Å². The summed E-state index contributed by atoms with van der Waals surface area (Å²) in [7, 11) is 2.83. The minimum absolute atomic E-state index is 0.118. The molecule has 0 aliphatic carbocycles. The Bertz CT molecular complexity index is 1080. The number of H-pyrrole nitrogens is 1. The van der Waals surface area contributed by atoms with Crippen molar-refractivity contribution in [1.82, 2.24) is 19.1 Å². The van der Waals surface area contributed by atoms with E-state index in [0.29, 0.717) is 0 Å². The number of nitro benzene ring substituents is 1. The summed E-state index contributed by atoms with van der Waals surface area (Å²) < 4.78 is 2.15. The number of aromatic amines is 1. The molecule has 0 unspecified atom stereocenters. The van der Waals surface area contributed by atoms with Crippen LogP contribution in [0.2, 0.25) is 5.02 Å². The van der Waals surface area contributed by atoms with Gasteiger partial charge in [-0.15, -0.1) is 0 Å². The summed E-state index contributed by atoms with van der Waals surface area (Å²) in [5.41, 5.74) is -0.685. The predicted molar refractivity (Wildman–Crippen MR) is 83.7 cm³/mol. The van der Waals surface area contributed by atoms with Gasteiger partial charge in [0.2, 0.25) is 0 Å². The van der Waals surface area contributed by atoms with Crippen LogP contribution in [0.15, 0.2) is 27.8 Å². The minimum atomic E-state index is -0.558. The fourth-order valence-electron chi connectivity index (χ4n) is 2.26. The van der Waals surface area contributed by atoms with Gasteiger partial charge in [-0.2, -0.15) is 0 Å². The molecule has 0 spiro atoms. The molecule has 9 nitrogen and oxygen atoms in total. The van der Waals surface area contributed by atoms with E-state index in [0.717, 1.165) is 4.57 Å². The van der Waals surface area contributed by atoms with Gasteiger partial charge < -0.3 is 4.98 Å². The average Bonchev–Trinajstić information content (AvgIpc) is 2.96. The molecule has 3 rings (SSSR count). The standard InChI is InChI=1S/C13H10ClN5O4/c1-17-11-9(12(20)18(2)13(17)21)15-10(16-11)7-5-6(19(22)23)3-4-8(7)14/h3-5H,1-2H3,(H,15,16). The molecule has 2 aromatic heterocycles. The number of imidazole rings is 1. The Morgan fingerprint density at radius 2 is 1.96 bits per heavy atom. The Morgan fingerprint density at radius 1 is 1.26 bits per heavy atom. The van der Waals surface area contributed by atoms with E-state index in [-0.39, 0.29) is 33.3 Å². The van der Waals surface area contributed by atoms with Gasteiger partial charge in [-0.25, -0.2) is 9.78 Å². The van der Waals surface area contributed by atoms with Gasteiger partial charge in [-0.05, 0) is 6.07 Å². The molecular weight excluding hydrogens is 326 g/mol. The highest BCUT2D eigenvalue weighted by molar-refractivity contribution is 6.33. The fraction of sp³-hybridized carbons (Fsp3) is 0.154. The van der Waals surface area contributed by atoms with Crippen molar-refractivity contribution >= 4 is 28.5 Å². The van der Waals surface area contributed by atoms with Gasteiger partial charge in [0.1, 0.15) is 11.3 Å². The SMILES string of the molecule is Cn1c(=O)c2[nH]c(-c3cc([N+](=O)[O-])ccc3Cl)nc2n(C)c1=O. The number of fused-ring (bicyclic) bond motifs is 1. The molecule has 23 heavy (non-hydrogen) atoms. The number of non-ortho nitro benzene ring substituents is 1. The number of halogens is 1. The molecule has 0 radical (unpaired) electrons. The van der Waals surface area contributed by atoms with Crippen LogP contribution in [0.1, 0.15) is 0 Å². The minimum Gasteiger partial charge on any atom is -0.332 e. The maximum absolute atomic E-state index is 12.1. The molecule has 0 atom stereocenters. The molecule has 0 aliphatic heterocycles. The van der Waals surface area contributed by atoms with Crippen LogP contribution in [-0.2, 0) is 14.1 Å². The van der Waals surface area contributed by atoms with Gasteiger partial charge in [-0.1, -0.05) is 11.6 Å². The summed E-state index contributed by atoms with van der Waals surface area (Å²) in [5.74, 6) is 0.173. The van der Waals surface area contributed by atoms with Crippen LogP contribution in [0, 0.1) is 10.1 Å². The second kappa shape index (κ2) is 5.06. The van der Waals surface area contributed by atoms with Crippen LogP contribution in [-0.4, -0.2) is 24.0 Å². The number of nitrogens with one attached hydrogen (secondary N) is 1. The van der Waals surface area contributed by atoms with Gasteiger partial charge in [0, 0.05) is 31.8 Å². The maximum Gasteiger partial charge on any atom is 0.332 e. The Morgan fingerprint density at radius 3 is 2.61 bits per heavy atom. The topological polar surface area (TPSA) is 116 Å². The fourth-order valence-corrected chi connectivity index (χ4v) is 2.47. The summed E-state index contributed by atoms with van der Waals surface area (Å²) in [6.45, 7) is 0. The largest absolute Gasteiger partial charge is 0.332 e. The van der Waals surface area contributed by atoms with Crippen molar-refractivity contribution in [2.45, 2.75) is 0 Å². The van der Waals surface area contributed by atoms with E-state index in [2.05, 4.69) is 9.97 Å². The summed E-state index contributed by atoms with van der Waals surface area (Å²) in [6.07, 6.45) is 0. The van der Waals surface area contributed by atoms with E-state index in [9.17, 15) is 19.7 Å². The van der Waals surface area contributed by atoms with E-state index in [4.69, 9.17) is 11.6 Å². The van der Waals surface area contributed by atoms with Gasteiger partial charge in [0.25, 0.3) is 11.2 Å². The lowest BCUT2D eigenvalue weighted by Gasteiger charge is -2.00. The van der Waals surface area contributed by atoms with Crippen LogP contribution in [0.25, 0.3) is 22.6 Å². The molecule has 1 N–H and O–H groups in total. The van der Waals surface area contributed by atoms with Gasteiger partial charge in [0.15, 0.2) is 5.65 Å². The van der Waals surface area contributed by atoms with E-state index in [1.54, 1.807) is 0 Å². The normalized spacial score (nSPS) is 11.1.